The van der Waals surface area contributed by atoms with Crippen LogP contribution < -0.4 is 19.9 Å². The zero-order valence-electron chi connectivity index (χ0n) is 16.7. The Morgan fingerprint density at radius 1 is 1.03 bits per heavy atom. The Balaban J connectivity index is 1.99. The van der Waals surface area contributed by atoms with Gasteiger partial charge in [-0.05, 0) is 48.4 Å². The highest BCUT2D eigenvalue weighted by molar-refractivity contribution is 7.89. The van der Waals surface area contributed by atoms with Crippen molar-refractivity contribution in [2.24, 2.45) is 5.14 Å². The molecule has 0 aliphatic carbocycles. The first-order valence-corrected chi connectivity index (χ1v) is 10.9. The van der Waals surface area contributed by atoms with E-state index in [2.05, 4.69) is 5.32 Å². The Labute approximate surface area is 180 Å². The minimum Gasteiger partial charge on any atom is -0.497 e. The number of carboxylic acid groups (broad SMARTS) is 1. The molecule has 8 nitrogen and oxygen atoms in total. The van der Waals surface area contributed by atoms with E-state index in [1.54, 1.807) is 24.3 Å². The lowest BCUT2D eigenvalue weighted by Gasteiger charge is -2.17. The molecule has 0 aliphatic rings. The Morgan fingerprint density at radius 2 is 1.68 bits per heavy atom. The molecule has 0 unspecified atom stereocenters. The molecule has 162 valence electrons. The third kappa shape index (κ3) is 5.74. The lowest BCUT2D eigenvalue weighted by atomic mass is 10.1. The summed E-state index contributed by atoms with van der Waals surface area (Å²) in [7, 11) is -2.75. The number of hydrogen-bond acceptors (Lipinski definition) is 6. The Bertz CT molecular complexity index is 1160. The Morgan fingerprint density at radius 3 is 2.26 bits per heavy atom. The summed E-state index contributed by atoms with van der Waals surface area (Å²) in [5.41, 5.74) is 1.04. The number of nitrogens with two attached hydrogens (primary N) is 1. The van der Waals surface area contributed by atoms with Gasteiger partial charge in [0.05, 0.1) is 18.4 Å². The van der Waals surface area contributed by atoms with Gasteiger partial charge in [0.15, 0.2) is 5.75 Å². The summed E-state index contributed by atoms with van der Waals surface area (Å²) >= 11 is 0. The maximum absolute atomic E-state index is 12.2. The van der Waals surface area contributed by atoms with Crippen LogP contribution in [0.2, 0.25) is 0 Å². The molecule has 3 aromatic rings. The second-order valence-corrected chi connectivity index (χ2v) is 8.17. The molecule has 4 N–H and O–H groups in total. The number of benzene rings is 3. The van der Waals surface area contributed by atoms with E-state index in [0.29, 0.717) is 24.5 Å². The highest BCUT2D eigenvalue weighted by Crippen LogP contribution is 2.37. The van der Waals surface area contributed by atoms with Crippen LogP contribution in [-0.4, -0.2) is 33.1 Å². The number of primary sulfonamides is 1. The minimum atomic E-state index is -4.28. The second kappa shape index (κ2) is 9.50. The SMILES string of the molecule is COc1ccc(Oc2c(NCCc3ccccc3)cc(C(=O)O)cc2S(N)(=O)=O)cc1. The Kier molecular flexibility index (Phi) is 6.78. The van der Waals surface area contributed by atoms with Crippen molar-refractivity contribution >= 4 is 21.7 Å². The van der Waals surface area contributed by atoms with E-state index in [1.165, 1.54) is 13.2 Å². The lowest BCUT2D eigenvalue weighted by molar-refractivity contribution is 0.0696. The normalized spacial score (nSPS) is 11.0. The third-order valence-electron chi connectivity index (χ3n) is 4.46. The molecule has 0 heterocycles. The predicted molar refractivity (Wildman–Crippen MR) is 116 cm³/mol. The van der Waals surface area contributed by atoms with E-state index < -0.39 is 20.9 Å². The van der Waals surface area contributed by atoms with Gasteiger partial charge in [-0.25, -0.2) is 18.4 Å². The highest BCUT2D eigenvalue weighted by Gasteiger charge is 2.23. The van der Waals surface area contributed by atoms with Crippen LogP contribution in [0.15, 0.2) is 71.6 Å². The quantitative estimate of drug-likeness (QED) is 0.463. The fraction of sp³-hybridized carbons (Fsp3) is 0.136. The molecule has 0 saturated heterocycles. The summed E-state index contributed by atoms with van der Waals surface area (Å²) in [5.74, 6) is -0.431. The zero-order chi connectivity index (χ0) is 22.4. The maximum Gasteiger partial charge on any atom is 0.335 e. The number of rotatable bonds is 9. The van der Waals surface area contributed by atoms with Crippen LogP contribution in [0.5, 0.6) is 17.2 Å². The molecular formula is C22H22N2O6S. The van der Waals surface area contributed by atoms with Crippen molar-refractivity contribution in [3.05, 3.63) is 77.9 Å². The van der Waals surface area contributed by atoms with E-state index in [-0.39, 0.29) is 17.0 Å². The molecule has 0 bridgehead atoms. The van der Waals surface area contributed by atoms with Crippen LogP contribution in [-0.2, 0) is 16.4 Å². The van der Waals surface area contributed by atoms with E-state index in [9.17, 15) is 18.3 Å². The van der Waals surface area contributed by atoms with Crippen molar-refractivity contribution in [3.8, 4) is 17.2 Å². The molecule has 9 heteroatoms. The predicted octanol–water partition coefficient (Wildman–Crippen LogP) is 3.49. The van der Waals surface area contributed by atoms with Crippen molar-refractivity contribution < 1.29 is 27.8 Å². The number of nitrogens with one attached hydrogen (secondary N) is 1. The Hall–Kier alpha value is -3.56. The highest BCUT2D eigenvalue weighted by atomic mass is 32.2. The van der Waals surface area contributed by atoms with Crippen LogP contribution in [0.4, 0.5) is 5.69 Å². The van der Waals surface area contributed by atoms with Crippen LogP contribution in [0.25, 0.3) is 0 Å². The number of anilines is 1. The van der Waals surface area contributed by atoms with Gasteiger partial charge in [0.1, 0.15) is 16.4 Å². The number of ether oxygens (including phenoxy) is 2. The van der Waals surface area contributed by atoms with E-state index in [0.717, 1.165) is 11.6 Å². The molecule has 3 rings (SSSR count). The van der Waals surface area contributed by atoms with Crippen molar-refractivity contribution in [1.29, 1.82) is 0 Å². The number of carbonyl (C=O) groups is 1. The summed E-state index contributed by atoms with van der Waals surface area (Å²) < 4.78 is 35.4. The molecule has 0 amide bonds. The van der Waals surface area contributed by atoms with Crippen molar-refractivity contribution in [3.63, 3.8) is 0 Å². The largest absolute Gasteiger partial charge is 0.497 e. The smallest absolute Gasteiger partial charge is 0.335 e. The molecule has 0 aromatic heterocycles. The second-order valence-electron chi connectivity index (χ2n) is 6.64. The van der Waals surface area contributed by atoms with Crippen LogP contribution in [0.1, 0.15) is 15.9 Å². The van der Waals surface area contributed by atoms with E-state index >= 15 is 0 Å². The fourth-order valence-corrected chi connectivity index (χ4v) is 3.62. The van der Waals surface area contributed by atoms with Crippen LogP contribution >= 0.6 is 0 Å². The molecular weight excluding hydrogens is 420 g/mol. The molecule has 0 spiro atoms. The first kappa shape index (κ1) is 22.1. The van der Waals surface area contributed by atoms with Crippen molar-refractivity contribution in [2.75, 3.05) is 19.0 Å². The molecule has 3 aromatic carbocycles. The van der Waals surface area contributed by atoms with Gasteiger partial charge in [0.25, 0.3) is 0 Å². The molecule has 0 aliphatic heterocycles. The van der Waals surface area contributed by atoms with Gasteiger partial charge in [-0.3, -0.25) is 0 Å². The standard InChI is InChI=1S/C22H22N2O6S/c1-29-17-7-9-18(10-8-17)30-21-19(24-12-11-15-5-3-2-4-6-15)13-16(22(25)26)14-20(21)31(23,27)28/h2-10,13-14,24H,11-12H2,1H3,(H,25,26)(H2,23,27,28). The fourth-order valence-electron chi connectivity index (χ4n) is 2.92. The lowest BCUT2D eigenvalue weighted by Crippen LogP contribution is -2.16. The molecule has 0 saturated carbocycles. The summed E-state index contributed by atoms with van der Waals surface area (Å²) in [6.45, 7) is 0.413. The van der Waals surface area contributed by atoms with E-state index in [4.69, 9.17) is 14.6 Å². The zero-order valence-corrected chi connectivity index (χ0v) is 17.6. The first-order chi connectivity index (χ1) is 14.8. The summed E-state index contributed by atoms with van der Waals surface area (Å²) in [6.07, 6.45) is 0.630. The molecule has 0 radical (unpaired) electrons. The van der Waals surface area contributed by atoms with Gasteiger partial charge in [-0.15, -0.1) is 0 Å². The number of carboxylic acids is 1. The summed E-state index contributed by atoms with van der Waals surface area (Å²) in [6, 6.07) is 18.5. The van der Waals surface area contributed by atoms with Crippen molar-refractivity contribution in [2.45, 2.75) is 11.3 Å². The molecule has 0 atom stereocenters. The van der Waals surface area contributed by atoms with Gasteiger partial charge in [0, 0.05) is 6.54 Å². The van der Waals surface area contributed by atoms with Crippen LogP contribution in [0.3, 0.4) is 0 Å². The maximum atomic E-state index is 12.2. The van der Waals surface area contributed by atoms with Crippen molar-refractivity contribution in [1.82, 2.24) is 0 Å². The average molecular weight is 442 g/mol. The van der Waals surface area contributed by atoms with E-state index in [1.807, 2.05) is 30.3 Å². The third-order valence-corrected chi connectivity index (χ3v) is 5.38. The van der Waals surface area contributed by atoms with Crippen LogP contribution in [0, 0.1) is 0 Å². The summed E-state index contributed by atoms with van der Waals surface area (Å²) in [4.78, 5) is 11.1. The molecule has 0 fully saturated rings. The number of methoxy groups -OCH3 is 1. The van der Waals surface area contributed by atoms with Gasteiger partial charge in [-0.2, -0.15) is 0 Å². The summed E-state index contributed by atoms with van der Waals surface area (Å²) in [5, 5.41) is 17.9. The molecule has 31 heavy (non-hydrogen) atoms. The number of sulfonamides is 1. The van der Waals surface area contributed by atoms with Gasteiger partial charge in [-0.1, -0.05) is 30.3 Å². The monoisotopic (exact) mass is 442 g/mol. The number of hydrogen-bond donors (Lipinski definition) is 3. The minimum absolute atomic E-state index is 0.0780. The van der Waals surface area contributed by atoms with Gasteiger partial charge in [0.2, 0.25) is 10.0 Å². The van der Waals surface area contributed by atoms with Gasteiger partial charge < -0.3 is 19.9 Å². The first-order valence-electron chi connectivity index (χ1n) is 9.32. The average Bonchev–Trinajstić information content (AvgIpc) is 2.75. The van der Waals surface area contributed by atoms with Gasteiger partial charge >= 0.3 is 5.97 Å². The topological polar surface area (TPSA) is 128 Å². The number of aromatic carboxylic acids is 1.